The van der Waals surface area contributed by atoms with Gasteiger partial charge in [0.15, 0.2) is 5.82 Å². The molecule has 2 aromatic carbocycles. The first-order chi connectivity index (χ1) is 16.3. The molecule has 0 aliphatic carbocycles. The van der Waals surface area contributed by atoms with Crippen molar-refractivity contribution in [2.75, 3.05) is 36.4 Å². The summed E-state index contributed by atoms with van der Waals surface area (Å²) in [6, 6.07) is 10.8. The van der Waals surface area contributed by atoms with Crippen molar-refractivity contribution >= 4 is 28.9 Å². The van der Waals surface area contributed by atoms with Gasteiger partial charge >= 0.3 is 0 Å². The fourth-order valence-corrected chi connectivity index (χ4v) is 3.73. The minimum Gasteiger partial charge on any atom is -0.508 e. The third kappa shape index (κ3) is 4.93. The van der Waals surface area contributed by atoms with Crippen LogP contribution >= 0.6 is 0 Å². The molecule has 1 aromatic heterocycles. The van der Waals surface area contributed by atoms with Crippen molar-refractivity contribution in [2.24, 2.45) is 0 Å². The molecule has 4 rings (SSSR count). The van der Waals surface area contributed by atoms with Crippen LogP contribution in [-0.4, -0.2) is 62.9 Å². The quantitative estimate of drug-likeness (QED) is 0.435. The fourth-order valence-electron chi connectivity index (χ4n) is 3.73. The average Bonchev–Trinajstić information content (AvgIpc) is 2.84. The van der Waals surface area contributed by atoms with Crippen molar-refractivity contribution in [2.45, 2.75) is 6.92 Å². The highest BCUT2D eigenvalue weighted by molar-refractivity contribution is 6.05. The molecule has 11 nitrogen and oxygen atoms in total. The highest BCUT2D eigenvalue weighted by Crippen LogP contribution is 2.30. The van der Waals surface area contributed by atoms with E-state index in [0.717, 1.165) is 0 Å². The molecule has 0 bridgehead atoms. The number of aromatic hydroxyl groups is 1. The Labute approximate surface area is 194 Å². The van der Waals surface area contributed by atoms with Crippen LogP contribution in [-0.2, 0) is 4.79 Å². The summed E-state index contributed by atoms with van der Waals surface area (Å²) in [5.74, 6) is -0.104. The average molecular weight is 462 g/mol. The van der Waals surface area contributed by atoms with Crippen molar-refractivity contribution in [1.29, 1.82) is 0 Å². The second-order valence-electron chi connectivity index (χ2n) is 7.75. The molecule has 11 heteroatoms. The molecule has 1 fully saturated rings. The summed E-state index contributed by atoms with van der Waals surface area (Å²) in [7, 11) is 0. The minimum atomic E-state index is -0.537. The van der Waals surface area contributed by atoms with Crippen molar-refractivity contribution in [3.63, 3.8) is 0 Å². The molecule has 174 valence electrons. The van der Waals surface area contributed by atoms with Gasteiger partial charge in [0.2, 0.25) is 5.91 Å². The van der Waals surface area contributed by atoms with Crippen molar-refractivity contribution in [1.82, 2.24) is 14.9 Å². The van der Waals surface area contributed by atoms with Gasteiger partial charge in [-0.1, -0.05) is 12.1 Å². The summed E-state index contributed by atoms with van der Waals surface area (Å²) in [6.07, 6.45) is 2.84. The molecule has 0 spiro atoms. The van der Waals surface area contributed by atoms with Crippen LogP contribution in [0.15, 0.2) is 54.9 Å². The van der Waals surface area contributed by atoms with E-state index in [4.69, 9.17) is 0 Å². The van der Waals surface area contributed by atoms with Gasteiger partial charge in [0, 0.05) is 50.3 Å². The summed E-state index contributed by atoms with van der Waals surface area (Å²) in [5.41, 5.74) is 1.28. The molecule has 2 N–H and O–H groups in total. The second-order valence-corrected chi connectivity index (χ2v) is 7.75. The van der Waals surface area contributed by atoms with Crippen LogP contribution in [0.5, 0.6) is 5.75 Å². The molecular formula is C23H22N6O5. The lowest BCUT2D eigenvalue weighted by molar-refractivity contribution is -0.384. The molecule has 1 aliphatic rings. The number of aromatic nitrogens is 2. The van der Waals surface area contributed by atoms with E-state index in [9.17, 15) is 24.8 Å². The standard InChI is InChI=1S/C23H22N6O5/c1-15(30)27-7-9-28(10-8-27)20-6-5-17(12-21(20)29(33)34)23(32)26-18-13-24-22(25-14-18)16-3-2-4-19(31)11-16/h2-6,11-14,31H,7-10H2,1H3,(H,26,32). The van der Waals surface area contributed by atoms with E-state index in [1.807, 2.05) is 4.90 Å². The second kappa shape index (κ2) is 9.53. The first kappa shape index (κ1) is 22.6. The maximum absolute atomic E-state index is 12.7. The number of nitro benzene ring substituents is 1. The van der Waals surface area contributed by atoms with Gasteiger partial charge in [0.25, 0.3) is 11.6 Å². The smallest absolute Gasteiger partial charge is 0.293 e. The van der Waals surface area contributed by atoms with Crippen LogP contribution in [0.25, 0.3) is 11.4 Å². The van der Waals surface area contributed by atoms with E-state index in [2.05, 4.69) is 15.3 Å². The molecule has 0 radical (unpaired) electrons. The lowest BCUT2D eigenvalue weighted by Gasteiger charge is -2.35. The van der Waals surface area contributed by atoms with Crippen LogP contribution in [0, 0.1) is 10.1 Å². The number of nitro groups is 1. The largest absolute Gasteiger partial charge is 0.508 e. The van der Waals surface area contributed by atoms with Crippen LogP contribution in [0.3, 0.4) is 0 Å². The predicted octanol–water partition coefficient (Wildman–Crippen LogP) is 2.68. The van der Waals surface area contributed by atoms with Gasteiger partial charge in [0.05, 0.1) is 23.0 Å². The number of rotatable bonds is 5. The third-order valence-electron chi connectivity index (χ3n) is 5.51. The van der Waals surface area contributed by atoms with Crippen LogP contribution in [0.1, 0.15) is 17.3 Å². The van der Waals surface area contributed by atoms with Crippen molar-refractivity contribution in [3.05, 3.63) is 70.5 Å². The first-order valence-corrected chi connectivity index (χ1v) is 10.5. The molecule has 0 saturated carbocycles. The van der Waals surface area contributed by atoms with Crippen LogP contribution in [0.4, 0.5) is 17.1 Å². The Morgan fingerprint density at radius 1 is 1.06 bits per heavy atom. The van der Waals surface area contributed by atoms with Gasteiger partial charge in [-0.05, 0) is 24.3 Å². The number of benzene rings is 2. The maximum Gasteiger partial charge on any atom is 0.293 e. The lowest BCUT2D eigenvalue weighted by atomic mass is 10.1. The van der Waals surface area contributed by atoms with Crippen molar-refractivity contribution < 1.29 is 19.6 Å². The highest BCUT2D eigenvalue weighted by Gasteiger charge is 2.26. The van der Waals surface area contributed by atoms with Crippen LogP contribution < -0.4 is 10.2 Å². The number of phenolic OH excluding ortho intramolecular Hbond substituents is 1. The van der Waals surface area contributed by atoms with Gasteiger partial charge in [0.1, 0.15) is 11.4 Å². The SMILES string of the molecule is CC(=O)N1CCN(c2ccc(C(=O)Nc3cnc(-c4cccc(O)c4)nc3)cc2[N+](=O)[O-])CC1. The number of anilines is 2. The zero-order valence-electron chi connectivity index (χ0n) is 18.3. The monoisotopic (exact) mass is 462 g/mol. The number of piperazine rings is 1. The normalized spacial score (nSPS) is 13.4. The lowest BCUT2D eigenvalue weighted by Crippen LogP contribution is -2.48. The van der Waals surface area contributed by atoms with E-state index < -0.39 is 10.8 Å². The van der Waals surface area contributed by atoms with Crippen LogP contribution in [0.2, 0.25) is 0 Å². The Kier molecular flexibility index (Phi) is 6.35. The highest BCUT2D eigenvalue weighted by atomic mass is 16.6. The molecule has 1 saturated heterocycles. The molecule has 34 heavy (non-hydrogen) atoms. The topological polar surface area (TPSA) is 142 Å². The summed E-state index contributed by atoms with van der Waals surface area (Å²) < 4.78 is 0. The number of phenols is 1. The molecule has 1 aliphatic heterocycles. The van der Waals surface area contributed by atoms with Crippen molar-refractivity contribution in [3.8, 4) is 17.1 Å². The summed E-state index contributed by atoms with van der Waals surface area (Å²) in [5, 5.41) is 23.9. The van der Waals surface area contributed by atoms with Gasteiger partial charge in [-0.3, -0.25) is 19.7 Å². The zero-order chi connectivity index (χ0) is 24.2. The van der Waals surface area contributed by atoms with Gasteiger partial charge in [-0.2, -0.15) is 0 Å². The van der Waals surface area contributed by atoms with Gasteiger partial charge < -0.3 is 20.2 Å². The Bertz CT molecular complexity index is 1240. The first-order valence-electron chi connectivity index (χ1n) is 10.5. The van der Waals surface area contributed by atoms with Gasteiger partial charge in [-0.15, -0.1) is 0 Å². The Balaban J connectivity index is 1.48. The number of amides is 2. The van der Waals surface area contributed by atoms with E-state index in [1.54, 1.807) is 23.1 Å². The summed E-state index contributed by atoms with van der Waals surface area (Å²) in [6.45, 7) is 3.39. The molecule has 2 amide bonds. The number of hydrogen-bond acceptors (Lipinski definition) is 8. The Morgan fingerprint density at radius 3 is 2.38 bits per heavy atom. The number of nitrogens with one attached hydrogen (secondary N) is 1. The van der Waals surface area contributed by atoms with Gasteiger partial charge in [-0.25, -0.2) is 9.97 Å². The molecular weight excluding hydrogens is 440 g/mol. The third-order valence-corrected chi connectivity index (χ3v) is 5.51. The molecule has 0 atom stereocenters. The molecule has 3 aromatic rings. The predicted molar refractivity (Wildman–Crippen MR) is 125 cm³/mol. The number of nitrogens with zero attached hydrogens (tertiary/aromatic N) is 5. The van der Waals surface area contributed by atoms with E-state index in [-0.39, 0.29) is 22.9 Å². The van der Waals surface area contributed by atoms with E-state index >= 15 is 0 Å². The number of carbonyl (C=O) groups excluding carboxylic acids is 2. The number of hydrogen-bond donors (Lipinski definition) is 2. The zero-order valence-corrected chi connectivity index (χ0v) is 18.3. The maximum atomic E-state index is 12.7. The van der Waals surface area contributed by atoms with E-state index in [1.165, 1.54) is 43.6 Å². The van der Waals surface area contributed by atoms with E-state index in [0.29, 0.717) is 48.9 Å². The molecule has 0 unspecified atom stereocenters. The minimum absolute atomic E-state index is 0.0277. The summed E-state index contributed by atoms with van der Waals surface area (Å²) >= 11 is 0. The fraction of sp³-hybridized carbons (Fsp3) is 0.217. The Hall–Kier alpha value is -4.54. The number of carbonyl (C=O) groups is 2. The summed E-state index contributed by atoms with van der Waals surface area (Å²) in [4.78, 5) is 47.4. The Morgan fingerprint density at radius 2 is 1.76 bits per heavy atom. The molecule has 2 heterocycles.